The Hall–Kier alpha value is -1.64. The smallest absolute Gasteiger partial charge is 0.165 e. The fourth-order valence-electron chi connectivity index (χ4n) is 1.29. The van der Waals surface area contributed by atoms with E-state index >= 15 is 0 Å². The van der Waals surface area contributed by atoms with E-state index in [-0.39, 0.29) is 12.2 Å². The lowest BCUT2D eigenvalue weighted by molar-refractivity contribution is 0.0215. The van der Waals surface area contributed by atoms with Crippen LogP contribution in [-0.2, 0) is 0 Å². The van der Waals surface area contributed by atoms with Crippen LogP contribution in [0.3, 0.4) is 0 Å². The van der Waals surface area contributed by atoms with Crippen LogP contribution in [0.15, 0.2) is 18.2 Å². The predicted molar refractivity (Wildman–Crippen MR) is 54.1 cm³/mol. The molecule has 0 radical (unpaired) electrons. The summed E-state index contributed by atoms with van der Waals surface area (Å²) in [6.07, 6.45) is -2.62. The Morgan fingerprint density at radius 1 is 1.50 bits per heavy atom. The van der Waals surface area contributed by atoms with Gasteiger partial charge < -0.3 is 14.9 Å². The number of halogens is 1. The molecule has 2 atom stereocenters. The summed E-state index contributed by atoms with van der Waals surface area (Å²) in [5.41, 5.74) is 0.306. The maximum absolute atomic E-state index is 13.1. The van der Waals surface area contributed by atoms with Crippen molar-refractivity contribution in [3.63, 3.8) is 0 Å². The molecular weight excluding hydrogens is 213 g/mol. The van der Waals surface area contributed by atoms with Gasteiger partial charge in [0.1, 0.15) is 6.10 Å². The van der Waals surface area contributed by atoms with Gasteiger partial charge in [-0.15, -0.1) is 0 Å². The Morgan fingerprint density at radius 2 is 2.19 bits per heavy atom. The van der Waals surface area contributed by atoms with E-state index in [0.29, 0.717) is 5.56 Å². The molecule has 2 N–H and O–H groups in total. The van der Waals surface area contributed by atoms with Gasteiger partial charge in [0, 0.05) is 0 Å². The van der Waals surface area contributed by atoms with Crippen LogP contribution < -0.4 is 4.74 Å². The van der Waals surface area contributed by atoms with Gasteiger partial charge in [0.05, 0.1) is 25.7 Å². The fourth-order valence-corrected chi connectivity index (χ4v) is 1.29. The van der Waals surface area contributed by atoms with Crippen molar-refractivity contribution in [2.75, 3.05) is 7.11 Å². The molecule has 0 aliphatic heterocycles. The summed E-state index contributed by atoms with van der Waals surface area (Å²) in [6, 6.07) is 5.51. The molecule has 0 aliphatic rings. The monoisotopic (exact) mass is 225 g/mol. The lowest BCUT2D eigenvalue weighted by atomic mass is 10.0. The van der Waals surface area contributed by atoms with E-state index < -0.39 is 18.0 Å². The zero-order chi connectivity index (χ0) is 12.1. The van der Waals surface area contributed by atoms with Crippen LogP contribution in [0, 0.1) is 17.1 Å². The van der Waals surface area contributed by atoms with E-state index in [4.69, 9.17) is 10.00 Å². The molecule has 1 aromatic rings. The van der Waals surface area contributed by atoms with Gasteiger partial charge in [0.2, 0.25) is 0 Å². The summed E-state index contributed by atoms with van der Waals surface area (Å²) < 4.78 is 17.8. The van der Waals surface area contributed by atoms with Crippen molar-refractivity contribution in [3.05, 3.63) is 29.6 Å². The highest BCUT2D eigenvalue weighted by molar-refractivity contribution is 5.32. The number of rotatable bonds is 4. The Morgan fingerprint density at radius 3 is 2.75 bits per heavy atom. The average Bonchev–Trinajstić information content (AvgIpc) is 2.29. The molecule has 1 aromatic carbocycles. The van der Waals surface area contributed by atoms with Gasteiger partial charge in [-0.05, 0) is 17.7 Å². The first-order valence-electron chi connectivity index (χ1n) is 4.66. The van der Waals surface area contributed by atoms with Gasteiger partial charge in [-0.25, -0.2) is 4.39 Å². The molecule has 0 saturated carbocycles. The number of hydrogen-bond acceptors (Lipinski definition) is 4. The van der Waals surface area contributed by atoms with E-state index in [2.05, 4.69) is 0 Å². The quantitative estimate of drug-likeness (QED) is 0.805. The molecule has 0 spiro atoms. The highest BCUT2D eigenvalue weighted by Crippen LogP contribution is 2.25. The normalized spacial score (nSPS) is 13.9. The summed E-state index contributed by atoms with van der Waals surface area (Å²) >= 11 is 0. The summed E-state index contributed by atoms with van der Waals surface area (Å²) in [6.45, 7) is 0. The third kappa shape index (κ3) is 2.69. The van der Waals surface area contributed by atoms with Gasteiger partial charge in [0.25, 0.3) is 0 Å². The van der Waals surface area contributed by atoms with Crippen molar-refractivity contribution in [3.8, 4) is 11.8 Å². The molecule has 1 rings (SSSR count). The van der Waals surface area contributed by atoms with Crippen LogP contribution in [-0.4, -0.2) is 23.4 Å². The summed E-state index contributed by atoms with van der Waals surface area (Å²) in [5.74, 6) is -0.561. The SMILES string of the molecule is COc1cc(C(O)C(O)CC#N)ccc1F. The maximum Gasteiger partial charge on any atom is 0.165 e. The van der Waals surface area contributed by atoms with E-state index in [1.165, 1.54) is 19.2 Å². The third-order valence-corrected chi connectivity index (χ3v) is 2.18. The zero-order valence-electron chi connectivity index (χ0n) is 8.72. The first-order valence-corrected chi connectivity index (χ1v) is 4.66. The van der Waals surface area contributed by atoms with Crippen molar-refractivity contribution in [2.45, 2.75) is 18.6 Å². The third-order valence-electron chi connectivity index (χ3n) is 2.18. The van der Waals surface area contributed by atoms with Crippen molar-refractivity contribution in [2.24, 2.45) is 0 Å². The number of aliphatic hydroxyl groups is 2. The standard InChI is InChI=1S/C11H12FNO3/c1-16-10-6-7(2-3-8(10)12)11(15)9(14)4-5-13/h2-3,6,9,11,14-15H,4H2,1H3. The van der Waals surface area contributed by atoms with Gasteiger partial charge >= 0.3 is 0 Å². The molecule has 0 fully saturated rings. The number of benzene rings is 1. The molecular formula is C11H12FNO3. The van der Waals surface area contributed by atoms with Crippen LogP contribution in [0.5, 0.6) is 5.75 Å². The molecule has 4 nitrogen and oxygen atoms in total. The van der Waals surface area contributed by atoms with Gasteiger partial charge in [-0.2, -0.15) is 5.26 Å². The lowest BCUT2D eigenvalue weighted by Crippen LogP contribution is -2.17. The van der Waals surface area contributed by atoms with E-state index in [1.807, 2.05) is 0 Å². The van der Waals surface area contributed by atoms with Gasteiger partial charge in [-0.1, -0.05) is 6.07 Å². The first kappa shape index (κ1) is 12.4. The second-order valence-corrected chi connectivity index (χ2v) is 3.27. The van der Waals surface area contributed by atoms with Crippen LogP contribution in [0.2, 0.25) is 0 Å². The van der Waals surface area contributed by atoms with E-state index in [1.54, 1.807) is 6.07 Å². The minimum Gasteiger partial charge on any atom is -0.494 e. The van der Waals surface area contributed by atoms with Crippen molar-refractivity contribution in [1.29, 1.82) is 5.26 Å². The zero-order valence-corrected chi connectivity index (χ0v) is 8.72. The van der Waals surface area contributed by atoms with Gasteiger partial charge in [0.15, 0.2) is 11.6 Å². The molecule has 0 bridgehead atoms. The molecule has 0 saturated heterocycles. The summed E-state index contributed by atoms with van der Waals surface area (Å²) in [5, 5.41) is 27.4. The van der Waals surface area contributed by atoms with Crippen molar-refractivity contribution >= 4 is 0 Å². The average molecular weight is 225 g/mol. The number of aliphatic hydroxyl groups excluding tert-OH is 2. The highest BCUT2D eigenvalue weighted by atomic mass is 19.1. The topological polar surface area (TPSA) is 73.5 Å². The van der Waals surface area contributed by atoms with Crippen LogP contribution >= 0.6 is 0 Å². The molecule has 2 unspecified atom stereocenters. The predicted octanol–water partition coefficient (Wildman–Crippen LogP) is 1.14. The number of nitriles is 1. The Balaban J connectivity index is 2.92. The Bertz CT molecular complexity index is 403. The van der Waals surface area contributed by atoms with Crippen LogP contribution in [0.25, 0.3) is 0 Å². The Labute approximate surface area is 92.5 Å². The Kier molecular flexibility index (Phi) is 4.23. The molecule has 0 aliphatic carbocycles. The lowest BCUT2D eigenvalue weighted by Gasteiger charge is -2.16. The number of hydrogen-bond donors (Lipinski definition) is 2. The molecule has 0 amide bonds. The van der Waals surface area contributed by atoms with Crippen molar-refractivity contribution < 1.29 is 19.3 Å². The van der Waals surface area contributed by atoms with Crippen LogP contribution in [0.4, 0.5) is 4.39 Å². The highest BCUT2D eigenvalue weighted by Gasteiger charge is 2.19. The fraction of sp³-hybridized carbons (Fsp3) is 0.364. The summed E-state index contributed by atoms with van der Waals surface area (Å²) in [7, 11) is 1.31. The summed E-state index contributed by atoms with van der Waals surface area (Å²) in [4.78, 5) is 0. The van der Waals surface area contributed by atoms with Crippen LogP contribution in [0.1, 0.15) is 18.1 Å². The minimum absolute atomic E-state index is 0.0132. The molecule has 86 valence electrons. The van der Waals surface area contributed by atoms with Gasteiger partial charge in [-0.3, -0.25) is 0 Å². The number of ether oxygens (including phenoxy) is 1. The second-order valence-electron chi connectivity index (χ2n) is 3.27. The largest absolute Gasteiger partial charge is 0.494 e. The second kappa shape index (κ2) is 5.45. The minimum atomic E-state index is -1.23. The number of nitrogens with zero attached hydrogens (tertiary/aromatic N) is 1. The molecule has 5 heteroatoms. The number of methoxy groups -OCH3 is 1. The van der Waals surface area contributed by atoms with E-state index in [9.17, 15) is 14.6 Å². The maximum atomic E-state index is 13.1. The van der Waals surface area contributed by atoms with E-state index in [0.717, 1.165) is 6.07 Å². The molecule has 0 aromatic heterocycles. The first-order chi connectivity index (χ1) is 7.60. The molecule has 0 heterocycles. The van der Waals surface area contributed by atoms with Crippen molar-refractivity contribution in [1.82, 2.24) is 0 Å². The molecule has 16 heavy (non-hydrogen) atoms.